The van der Waals surface area contributed by atoms with E-state index in [0.29, 0.717) is 24.3 Å². The van der Waals surface area contributed by atoms with E-state index in [1.54, 1.807) is 17.5 Å². The highest BCUT2D eigenvalue weighted by atomic mass is 32.1. The quantitative estimate of drug-likeness (QED) is 0.367. The predicted octanol–water partition coefficient (Wildman–Crippen LogP) is 4.70. The molecule has 1 heterocycles. The number of hydrogen-bond acceptors (Lipinski definition) is 5. The molecule has 0 bridgehead atoms. The Morgan fingerprint density at radius 1 is 0.941 bits per heavy atom. The summed E-state index contributed by atoms with van der Waals surface area (Å²) in [5.41, 5.74) is 4.67. The lowest BCUT2D eigenvalue weighted by molar-refractivity contribution is -0.142. The zero-order valence-corrected chi connectivity index (χ0v) is 19.3. The lowest BCUT2D eigenvalue weighted by atomic mass is 9.98. The molecule has 4 rings (SSSR count). The summed E-state index contributed by atoms with van der Waals surface area (Å²) in [4.78, 5) is 36.3. The van der Waals surface area contributed by atoms with Crippen molar-refractivity contribution in [2.75, 3.05) is 13.2 Å². The van der Waals surface area contributed by atoms with E-state index >= 15 is 0 Å². The fourth-order valence-electron chi connectivity index (χ4n) is 4.19. The topological polar surface area (TPSA) is 105 Å². The van der Waals surface area contributed by atoms with E-state index in [2.05, 4.69) is 34.9 Å². The van der Waals surface area contributed by atoms with E-state index in [0.717, 1.165) is 11.1 Å². The molecule has 0 saturated heterocycles. The smallest absolute Gasteiger partial charge is 0.407 e. The van der Waals surface area contributed by atoms with Crippen LogP contribution in [-0.4, -0.2) is 36.2 Å². The molecule has 2 aromatic carbocycles. The second-order valence-electron chi connectivity index (χ2n) is 8.06. The summed E-state index contributed by atoms with van der Waals surface area (Å²) in [6, 6.07) is 18.7. The average molecular weight is 479 g/mol. The number of carbonyl (C=O) groups excluding carboxylic acids is 2. The minimum atomic E-state index is -1.09. The molecule has 1 aliphatic carbocycles. The maximum Gasteiger partial charge on any atom is 0.407 e. The van der Waals surface area contributed by atoms with Gasteiger partial charge in [0.2, 0.25) is 5.91 Å². The third-order valence-electron chi connectivity index (χ3n) is 5.82. The largest absolute Gasteiger partial charge is 0.479 e. The van der Waals surface area contributed by atoms with Gasteiger partial charge in [-0.2, -0.15) is 0 Å². The van der Waals surface area contributed by atoms with Gasteiger partial charge in [-0.15, -0.1) is 11.3 Å². The first kappa shape index (κ1) is 23.5. The minimum Gasteiger partial charge on any atom is -0.479 e. The number of hydrogen-bond donors (Lipinski definition) is 3. The molecule has 176 valence electrons. The number of benzene rings is 2. The molecule has 1 unspecified atom stereocenters. The predicted molar refractivity (Wildman–Crippen MR) is 130 cm³/mol. The van der Waals surface area contributed by atoms with Crippen LogP contribution in [0, 0.1) is 0 Å². The van der Waals surface area contributed by atoms with Crippen molar-refractivity contribution in [3.05, 3.63) is 82.0 Å². The number of unbranched alkanes of at least 4 members (excludes halogenated alkanes) is 1. The van der Waals surface area contributed by atoms with E-state index in [1.165, 1.54) is 22.5 Å². The lowest BCUT2D eigenvalue weighted by Crippen LogP contribution is -2.33. The number of ether oxygens (including phenoxy) is 1. The summed E-state index contributed by atoms with van der Waals surface area (Å²) in [6.45, 7) is 0.624. The summed E-state index contributed by atoms with van der Waals surface area (Å²) in [7, 11) is 0. The highest BCUT2D eigenvalue weighted by Gasteiger charge is 2.29. The zero-order valence-electron chi connectivity index (χ0n) is 18.5. The molecule has 1 atom stereocenters. The molecule has 7 nitrogen and oxygen atoms in total. The number of nitrogens with one attached hydrogen (secondary N) is 2. The van der Waals surface area contributed by atoms with Gasteiger partial charge in [0.1, 0.15) is 6.61 Å². The third-order valence-corrected chi connectivity index (χ3v) is 6.76. The van der Waals surface area contributed by atoms with Crippen molar-refractivity contribution in [2.24, 2.45) is 0 Å². The van der Waals surface area contributed by atoms with Gasteiger partial charge in [0, 0.05) is 23.8 Å². The van der Waals surface area contributed by atoms with Gasteiger partial charge in [-0.25, -0.2) is 9.59 Å². The SMILES string of the molecule is O=C(CCCCNC(=O)OCC1c2ccccc2-c2ccccc21)NC(C(=O)O)c1cccs1. The van der Waals surface area contributed by atoms with Gasteiger partial charge in [0.05, 0.1) is 0 Å². The van der Waals surface area contributed by atoms with Crippen LogP contribution in [0.1, 0.15) is 47.2 Å². The monoisotopic (exact) mass is 478 g/mol. The number of carbonyl (C=O) groups is 3. The van der Waals surface area contributed by atoms with E-state index in [4.69, 9.17) is 4.74 Å². The highest BCUT2D eigenvalue weighted by Crippen LogP contribution is 2.44. The van der Waals surface area contributed by atoms with Gasteiger partial charge in [0.25, 0.3) is 0 Å². The third kappa shape index (κ3) is 5.46. The Bertz CT molecular complexity index is 1120. The van der Waals surface area contributed by atoms with E-state index in [9.17, 15) is 19.5 Å². The van der Waals surface area contributed by atoms with Gasteiger partial charge in [0.15, 0.2) is 6.04 Å². The van der Waals surface area contributed by atoms with Crippen LogP contribution in [0.25, 0.3) is 11.1 Å². The summed E-state index contributed by atoms with van der Waals surface area (Å²) >= 11 is 1.29. The van der Waals surface area contributed by atoms with Crippen molar-refractivity contribution >= 4 is 29.3 Å². The van der Waals surface area contributed by atoms with Crippen molar-refractivity contribution in [1.82, 2.24) is 10.6 Å². The zero-order chi connectivity index (χ0) is 23.9. The molecule has 8 heteroatoms. The second-order valence-corrected chi connectivity index (χ2v) is 9.04. The van der Waals surface area contributed by atoms with E-state index in [1.807, 2.05) is 24.3 Å². The van der Waals surface area contributed by atoms with Crippen LogP contribution in [0.4, 0.5) is 4.79 Å². The number of carboxylic acids is 1. The maximum atomic E-state index is 12.2. The Labute approximate surface area is 201 Å². The van der Waals surface area contributed by atoms with Gasteiger partial charge >= 0.3 is 12.1 Å². The molecule has 1 aliphatic rings. The summed E-state index contributed by atoms with van der Waals surface area (Å²) < 4.78 is 5.49. The van der Waals surface area contributed by atoms with Crippen LogP contribution in [-0.2, 0) is 14.3 Å². The first-order valence-corrected chi connectivity index (χ1v) is 12.1. The minimum absolute atomic E-state index is 0.00683. The Kier molecular flexibility index (Phi) is 7.59. The molecule has 34 heavy (non-hydrogen) atoms. The Morgan fingerprint density at radius 2 is 1.62 bits per heavy atom. The molecule has 0 fully saturated rings. The normalized spacial score (nSPS) is 12.9. The van der Waals surface area contributed by atoms with Crippen LogP contribution in [0.5, 0.6) is 0 Å². The maximum absolute atomic E-state index is 12.2. The van der Waals surface area contributed by atoms with Crippen LogP contribution >= 0.6 is 11.3 Å². The Hall–Kier alpha value is -3.65. The molecular weight excluding hydrogens is 452 g/mol. The van der Waals surface area contributed by atoms with E-state index in [-0.39, 0.29) is 24.9 Å². The highest BCUT2D eigenvalue weighted by molar-refractivity contribution is 7.10. The van der Waals surface area contributed by atoms with Gasteiger partial charge in [-0.3, -0.25) is 4.79 Å². The fourth-order valence-corrected chi connectivity index (χ4v) is 4.96. The first-order chi connectivity index (χ1) is 16.5. The standard InChI is InChI=1S/C26H26N2O5S/c29-23(28-24(25(30)31)22-12-7-15-34-22)13-5-6-14-27-26(32)33-16-21-19-10-3-1-8-17(19)18-9-2-4-11-20(18)21/h1-4,7-12,15,21,24H,5-6,13-14,16H2,(H,27,32)(H,28,29)(H,30,31). The van der Waals surface area contributed by atoms with Crippen molar-refractivity contribution in [3.63, 3.8) is 0 Å². The van der Waals surface area contributed by atoms with Crippen LogP contribution in [0.3, 0.4) is 0 Å². The summed E-state index contributed by atoms with van der Waals surface area (Å²) in [5, 5.41) is 16.4. The molecular formula is C26H26N2O5S. The van der Waals surface area contributed by atoms with Gasteiger partial charge < -0.3 is 20.5 Å². The molecule has 3 N–H and O–H groups in total. The van der Waals surface area contributed by atoms with Crippen LogP contribution < -0.4 is 10.6 Å². The Balaban J connectivity index is 1.17. The average Bonchev–Trinajstić information content (AvgIpc) is 3.47. The fraction of sp³-hybridized carbons (Fsp3) is 0.269. The molecule has 0 aliphatic heterocycles. The van der Waals surface area contributed by atoms with E-state index < -0.39 is 18.1 Å². The number of carboxylic acid groups (broad SMARTS) is 1. The van der Waals surface area contributed by atoms with Crippen molar-refractivity contribution in [3.8, 4) is 11.1 Å². The van der Waals surface area contributed by atoms with Crippen LogP contribution in [0.15, 0.2) is 66.0 Å². The van der Waals surface area contributed by atoms with Crippen LogP contribution in [0.2, 0.25) is 0 Å². The summed E-state index contributed by atoms with van der Waals surface area (Å²) in [6.07, 6.45) is 0.789. The number of thiophene rings is 1. The molecule has 0 saturated carbocycles. The van der Waals surface area contributed by atoms with Crippen molar-refractivity contribution in [1.29, 1.82) is 0 Å². The second kappa shape index (κ2) is 11.0. The number of alkyl carbamates (subject to hydrolysis) is 1. The molecule has 0 spiro atoms. The number of fused-ring (bicyclic) bond motifs is 3. The molecule has 0 radical (unpaired) electrons. The molecule has 3 aromatic rings. The lowest BCUT2D eigenvalue weighted by Gasteiger charge is -2.15. The molecule has 2 amide bonds. The molecule has 1 aromatic heterocycles. The van der Waals surface area contributed by atoms with Crippen molar-refractivity contribution < 1.29 is 24.2 Å². The number of rotatable bonds is 10. The van der Waals surface area contributed by atoms with Gasteiger partial charge in [-0.05, 0) is 46.5 Å². The summed E-state index contributed by atoms with van der Waals surface area (Å²) in [5.74, 6) is -1.41. The van der Waals surface area contributed by atoms with Gasteiger partial charge in [-0.1, -0.05) is 54.6 Å². The van der Waals surface area contributed by atoms with Crippen molar-refractivity contribution in [2.45, 2.75) is 31.2 Å². The Morgan fingerprint density at radius 3 is 2.24 bits per heavy atom. The first-order valence-electron chi connectivity index (χ1n) is 11.2. The number of amides is 2. The number of aliphatic carboxylic acids is 1.